The minimum atomic E-state index is -0.958. The highest BCUT2D eigenvalue weighted by Crippen LogP contribution is 2.30. The number of rotatable bonds is 4. The summed E-state index contributed by atoms with van der Waals surface area (Å²) in [5.41, 5.74) is 1.09. The zero-order chi connectivity index (χ0) is 12.3. The third-order valence-electron chi connectivity index (χ3n) is 2.11. The summed E-state index contributed by atoms with van der Waals surface area (Å²) in [5, 5.41) is 7.99. The van der Waals surface area contributed by atoms with Gasteiger partial charge in [0.2, 0.25) is 0 Å². The van der Waals surface area contributed by atoms with Crippen LogP contribution in [0.15, 0.2) is 22.7 Å². The van der Waals surface area contributed by atoms with E-state index < -0.39 is 11.3 Å². The highest BCUT2D eigenvalue weighted by Gasteiger charge is 2.19. The van der Waals surface area contributed by atoms with E-state index in [9.17, 15) is 9.59 Å². The minimum absolute atomic E-state index is 0.159. The number of hydrogen-bond donors (Lipinski definition) is 1. The molecule has 0 spiro atoms. The first-order valence-electron chi connectivity index (χ1n) is 4.57. The summed E-state index contributed by atoms with van der Waals surface area (Å²) in [6.07, 6.45) is -0.159. The molecule has 1 aromatic carbocycles. The Labute approximate surface area is 107 Å². The molecule has 16 heavy (non-hydrogen) atoms. The van der Waals surface area contributed by atoms with Crippen LogP contribution in [0.4, 0.5) is 0 Å². The molecule has 0 amide bonds. The number of hydrogen-bond acceptors (Lipinski definition) is 2. The van der Waals surface area contributed by atoms with E-state index in [2.05, 4.69) is 15.9 Å². The van der Waals surface area contributed by atoms with Crippen LogP contribution >= 0.6 is 27.5 Å². The Balaban J connectivity index is 3.22. The lowest BCUT2D eigenvalue weighted by Crippen LogP contribution is -2.09. The molecule has 0 fully saturated rings. The van der Waals surface area contributed by atoms with Gasteiger partial charge >= 0.3 is 5.97 Å². The first kappa shape index (κ1) is 13.2. The molecule has 5 heteroatoms. The zero-order valence-electron chi connectivity index (χ0n) is 8.54. The molecule has 0 radical (unpaired) electrons. The molecule has 0 aliphatic rings. The van der Waals surface area contributed by atoms with Crippen molar-refractivity contribution >= 4 is 39.3 Å². The number of carboxylic acids is 1. The number of carbonyl (C=O) groups is 2. The van der Waals surface area contributed by atoms with Gasteiger partial charge in [0.1, 0.15) is 5.38 Å². The van der Waals surface area contributed by atoms with Crippen LogP contribution in [0.3, 0.4) is 0 Å². The fourth-order valence-corrected chi connectivity index (χ4v) is 2.10. The monoisotopic (exact) mass is 304 g/mol. The molecule has 1 aromatic rings. The maximum absolute atomic E-state index is 11.2. The van der Waals surface area contributed by atoms with Crippen LogP contribution in [-0.4, -0.2) is 16.9 Å². The molecule has 0 saturated heterocycles. The minimum Gasteiger partial charge on any atom is -0.481 e. The lowest BCUT2D eigenvalue weighted by molar-refractivity contribution is -0.136. The first-order chi connectivity index (χ1) is 7.43. The summed E-state index contributed by atoms with van der Waals surface area (Å²) >= 11 is 9.20. The van der Waals surface area contributed by atoms with Crippen molar-refractivity contribution in [2.75, 3.05) is 0 Å². The second-order valence-corrected chi connectivity index (χ2v) is 4.64. The third kappa shape index (κ3) is 3.06. The van der Waals surface area contributed by atoms with Crippen molar-refractivity contribution in [1.29, 1.82) is 0 Å². The van der Waals surface area contributed by atoms with Gasteiger partial charge in [-0.05, 0) is 24.1 Å². The van der Waals surface area contributed by atoms with Crippen LogP contribution in [0.25, 0.3) is 0 Å². The van der Waals surface area contributed by atoms with E-state index in [0.717, 1.165) is 0 Å². The van der Waals surface area contributed by atoms with Crippen molar-refractivity contribution in [2.24, 2.45) is 0 Å². The Morgan fingerprint density at radius 3 is 2.62 bits per heavy atom. The van der Waals surface area contributed by atoms with Crippen molar-refractivity contribution in [3.05, 3.63) is 33.8 Å². The highest BCUT2D eigenvalue weighted by atomic mass is 79.9. The van der Waals surface area contributed by atoms with E-state index >= 15 is 0 Å². The molecule has 3 nitrogen and oxygen atoms in total. The fraction of sp³-hybridized carbons (Fsp3) is 0.273. The van der Waals surface area contributed by atoms with Gasteiger partial charge < -0.3 is 5.11 Å². The maximum atomic E-state index is 11.2. The summed E-state index contributed by atoms with van der Waals surface area (Å²) in [6.45, 7) is 1.38. The number of aliphatic carboxylic acids is 1. The molecule has 1 atom stereocenters. The second kappa shape index (κ2) is 5.46. The van der Waals surface area contributed by atoms with Crippen LogP contribution in [0.1, 0.15) is 23.4 Å². The molecular formula is C11H10BrClO3. The first-order valence-corrected chi connectivity index (χ1v) is 5.80. The molecule has 0 saturated carbocycles. The van der Waals surface area contributed by atoms with Crippen molar-refractivity contribution in [3.8, 4) is 0 Å². The zero-order valence-corrected chi connectivity index (χ0v) is 10.9. The van der Waals surface area contributed by atoms with Gasteiger partial charge in [0.15, 0.2) is 5.78 Å². The van der Waals surface area contributed by atoms with E-state index in [1.165, 1.54) is 6.92 Å². The average Bonchev–Trinajstić information content (AvgIpc) is 2.19. The van der Waals surface area contributed by atoms with E-state index in [-0.39, 0.29) is 12.2 Å². The molecule has 0 heterocycles. The van der Waals surface area contributed by atoms with Gasteiger partial charge in [0.05, 0.1) is 6.42 Å². The van der Waals surface area contributed by atoms with Crippen molar-refractivity contribution in [1.82, 2.24) is 0 Å². The van der Waals surface area contributed by atoms with Gasteiger partial charge in [-0.3, -0.25) is 9.59 Å². The number of benzene rings is 1. The number of Topliss-reactive ketones (excluding diaryl/α,β-unsaturated/α-hetero) is 1. The summed E-state index contributed by atoms with van der Waals surface area (Å²) in [7, 11) is 0. The third-order valence-corrected chi connectivity index (χ3v) is 3.40. The maximum Gasteiger partial charge on any atom is 0.307 e. The lowest BCUT2D eigenvalue weighted by Gasteiger charge is -2.12. The summed E-state index contributed by atoms with van der Waals surface area (Å²) in [5.74, 6) is -1.16. The number of carboxylic acid groups (broad SMARTS) is 1. The van der Waals surface area contributed by atoms with Gasteiger partial charge in [-0.1, -0.05) is 28.1 Å². The van der Waals surface area contributed by atoms with Gasteiger partial charge in [0.25, 0.3) is 0 Å². The highest BCUT2D eigenvalue weighted by molar-refractivity contribution is 9.10. The molecular weight excluding hydrogens is 295 g/mol. The van der Waals surface area contributed by atoms with Crippen molar-refractivity contribution < 1.29 is 14.7 Å². The normalized spacial score (nSPS) is 12.2. The smallest absolute Gasteiger partial charge is 0.307 e. The standard InChI is InChI=1S/C11H10BrClO3/c1-6(14)11(13)7-3-2-4-9(12)8(7)5-10(15)16/h2-4,11H,5H2,1H3,(H,15,16). The van der Waals surface area contributed by atoms with Gasteiger partial charge in [-0.25, -0.2) is 0 Å². The number of carbonyl (C=O) groups excluding carboxylic acids is 1. The van der Waals surface area contributed by atoms with Crippen LogP contribution < -0.4 is 0 Å². The largest absolute Gasteiger partial charge is 0.481 e. The molecule has 1 rings (SSSR count). The topological polar surface area (TPSA) is 54.4 Å². The Morgan fingerprint density at radius 1 is 1.50 bits per heavy atom. The molecule has 86 valence electrons. The summed E-state index contributed by atoms with van der Waals surface area (Å²) in [6, 6.07) is 5.12. The van der Waals surface area contributed by atoms with Crippen molar-refractivity contribution in [3.63, 3.8) is 0 Å². The van der Waals surface area contributed by atoms with Gasteiger partial charge in [-0.2, -0.15) is 0 Å². The SMILES string of the molecule is CC(=O)C(Cl)c1cccc(Br)c1CC(=O)O. The predicted octanol–water partition coefficient (Wildman–Crippen LogP) is 2.95. The Kier molecular flexibility index (Phi) is 4.50. The summed E-state index contributed by atoms with van der Waals surface area (Å²) in [4.78, 5) is 21.9. The molecule has 0 aliphatic carbocycles. The van der Waals surface area contributed by atoms with Crippen molar-refractivity contribution in [2.45, 2.75) is 18.7 Å². The molecule has 0 bridgehead atoms. The molecule has 0 aromatic heterocycles. The van der Waals surface area contributed by atoms with E-state index in [0.29, 0.717) is 15.6 Å². The molecule has 1 unspecified atom stereocenters. The van der Waals surface area contributed by atoms with Crippen LogP contribution in [0.2, 0.25) is 0 Å². The second-order valence-electron chi connectivity index (χ2n) is 3.35. The number of halogens is 2. The van der Waals surface area contributed by atoms with E-state index in [1.54, 1.807) is 18.2 Å². The summed E-state index contributed by atoms with van der Waals surface area (Å²) < 4.78 is 0.652. The van der Waals surface area contributed by atoms with Crippen LogP contribution in [0.5, 0.6) is 0 Å². The quantitative estimate of drug-likeness (QED) is 0.870. The van der Waals surface area contributed by atoms with Crippen LogP contribution in [-0.2, 0) is 16.0 Å². The van der Waals surface area contributed by atoms with Gasteiger partial charge in [-0.15, -0.1) is 11.6 Å². The molecule has 1 N–H and O–H groups in total. The van der Waals surface area contributed by atoms with E-state index in [1.807, 2.05) is 0 Å². The fourth-order valence-electron chi connectivity index (χ4n) is 1.37. The molecule has 0 aliphatic heterocycles. The average molecular weight is 306 g/mol. The predicted molar refractivity (Wildman–Crippen MR) is 64.8 cm³/mol. The Hall–Kier alpha value is -0.870. The number of alkyl halides is 1. The number of ketones is 1. The van der Waals surface area contributed by atoms with Gasteiger partial charge in [0, 0.05) is 4.47 Å². The Morgan fingerprint density at radius 2 is 2.12 bits per heavy atom. The van der Waals surface area contributed by atoms with E-state index in [4.69, 9.17) is 16.7 Å². The lowest BCUT2D eigenvalue weighted by atomic mass is 10.00. The van der Waals surface area contributed by atoms with Crippen LogP contribution in [0, 0.1) is 0 Å². The Bertz CT molecular complexity index is 431.